The SMILES string of the molecule is CC(C)(C)CC(=O)N1C2CCC1CC2. The number of hydrogen-bond donors (Lipinski definition) is 0. The highest BCUT2D eigenvalue weighted by molar-refractivity contribution is 5.78. The third kappa shape index (κ3) is 1.79. The highest BCUT2D eigenvalue weighted by atomic mass is 16.2. The van der Waals surface area contributed by atoms with Gasteiger partial charge in [0.25, 0.3) is 0 Å². The van der Waals surface area contributed by atoms with Gasteiger partial charge >= 0.3 is 0 Å². The minimum Gasteiger partial charge on any atom is -0.337 e. The zero-order valence-corrected chi connectivity index (χ0v) is 9.55. The predicted octanol–water partition coefficient (Wildman–Crippen LogP) is 2.58. The third-order valence-corrected chi connectivity index (χ3v) is 3.42. The molecule has 0 aromatic heterocycles. The summed E-state index contributed by atoms with van der Waals surface area (Å²) >= 11 is 0. The van der Waals surface area contributed by atoms with Crippen molar-refractivity contribution < 1.29 is 4.79 Å². The summed E-state index contributed by atoms with van der Waals surface area (Å²) in [7, 11) is 0. The Labute approximate surface area is 86.7 Å². The van der Waals surface area contributed by atoms with E-state index in [1.165, 1.54) is 25.7 Å². The minimum atomic E-state index is 0.138. The molecule has 14 heavy (non-hydrogen) atoms. The second kappa shape index (κ2) is 3.25. The molecule has 2 rings (SSSR count). The van der Waals surface area contributed by atoms with E-state index >= 15 is 0 Å². The van der Waals surface area contributed by atoms with Crippen molar-refractivity contribution in [1.29, 1.82) is 0 Å². The molecule has 0 unspecified atom stereocenters. The van der Waals surface area contributed by atoms with Gasteiger partial charge in [-0.1, -0.05) is 20.8 Å². The van der Waals surface area contributed by atoms with Crippen molar-refractivity contribution in [3.8, 4) is 0 Å². The average molecular weight is 195 g/mol. The Kier molecular flexibility index (Phi) is 2.32. The van der Waals surface area contributed by atoms with Crippen molar-refractivity contribution in [3.63, 3.8) is 0 Å². The Morgan fingerprint density at radius 1 is 1.14 bits per heavy atom. The van der Waals surface area contributed by atoms with E-state index in [1.807, 2.05) is 0 Å². The highest BCUT2D eigenvalue weighted by Crippen LogP contribution is 2.38. The molecule has 2 bridgehead atoms. The van der Waals surface area contributed by atoms with Crippen LogP contribution in [0.3, 0.4) is 0 Å². The molecule has 2 heterocycles. The number of carbonyl (C=O) groups excluding carboxylic acids is 1. The van der Waals surface area contributed by atoms with Crippen LogP contribution in [0.15, 0.2) is 0 Å². The van der Waals surface area contributed by atoms with Crippen LogP contribution < -0.4 is 0 Å². The molecule has 0 radical (unpaired) electrons. The second-order valence-electron chi connectivity index (χ2n) is 6.00. The highest BCUT2D eigenvalue weighted by Gasteiger charge is 2.42. The maximum atomic E-state index is 12.0. The van der Waals surface area contributed by atoms with E-state index in [9.17, 15) is 4.79 Å². The molecule has 2 nitrogen and oxygen atoms in total. The second-order valence-corrected chi connectivity index (χ2v) is 6.00. The van der Waals surface area contributed by atoms with Crippen LogP contribution in [0.2, 0.25) is 0 Å². The van der Waals surface area contributed by atoms with Crippen LogP contribution >= 0.6 is 0 Å². The van der Waals surface area contributed by atoms with Gasteiger partial charge in [-0.2, -0.15) is 0 Å². The lowest BCUT2D eigenvalue weighted by Gasteiger charge is -2.26. The largest absolute Gasteiger partial charge is 0.337 e. The fraction of sp³-hybridized carbons (Fsp3) is 0.917. The number of amides is 1. The number of fused-ring (bicyclic) bond motifs is 2. The zero-order valence-electron chi connectivity index (χ0n) is 9.55. The van der Waals surface area contributed by atoms with Gasteiger partial charge in [-0.15, -0.1) is 0 Å². The molecule has 2 saturated heterocycles. The maximum Gasteiger partial charge on any atom is 0.223 e. The van der Waals surface area contributed by atoms with Crippen LogP contribution in [-0.2, 0) is 4.79 Å². The first-order chi connectivity index (χ1) is 6.47. The Bertz CT molecular complexity index is 221. The van der Waals surface area contributed by atoms with E-state index in [0.717, 1.165) is 0 Å². The summed E-state index contributed by atoms with van der Waals surface area (Å²) in [4.78, 5) is 14.2. The fourth-order valence-electron chi connectivity index (χ4n) is 2.86. The van der Waals surface area contributed by atoms with Crippen molar-refractivity contribution in [2.45, 2.75) is 65.0 Å². The average Bonchev–Trinajstić information content (AvgIpc) is 2.57. The minimum absolute atomic E-state index is 0.138. The molecule has 0 spiro atoms. The van der Waals surface area contributed by atoms with Gasteiger partial charge in [0.2, 0.25) is 5.91 Å². The summed E-state index contributed by atoms with van der Waals surface area (Å²) in [5.41, 5.74) is 0.138. The molecular formula is C12H21NO. The van der Waals surface area contributed by atoms with Crippen LogP contribution in [0.1, 0.15) is 52.9 Å². The van der Waals surface area contributed by atoms with Crippen molar-refractivity contribution in [2.24, 2.45) is 5.41 Å². The third-order valence-electron chi connectivity index (χ3n) is 3.42. The fourth-order valence-corrected chi connectivity index (χ4v) is 2.86. The number of rotatable bonds is 1. The molecule has 0 N–H and O–H groups in total. The van der Waals surface area contributed by atoms with E-state index in [-0.39, 0.29) is 5.41 Å². The van der Waals surface area contributed by atoms with Gasteiger partial charge in [0, 0.05) is 18.5 Å². The van der Waals surface area contributed by atoms with Crippen molar-refractivity contribution in [3.05, 3.63) is 0 Å². The first kappa shape index (κ1) is 10.0. The zero-order chi connectivity index (χ0) is 10.3. The monoisotopic (exact) mass is 195 g/mol. The number of nitrogens with zero attached hydrogens (tertiary/aromatic N) is 1. The lowest BCUT2D eigenvalue weighted by Crippen LogP contribution is -2.37. The molecule has 0 aliphatic carbocycles. The van der Waals surface area contributed by atoms with Gasteiger partial charge in [-0.05, 0) is 31.1 Å². The van der Waals surface area contributed by atoms with Crippen molar-refractivity contribution in [1.82, 2.24) is 4.90 Å². The summed E-state index contributed by atoms with van der Waals surface area (Å²) in [5, 5.41) is 0. The van der Waals surface area contributed by atoms with Gasteiger partial charge < -0.3 is 4.90 Å². The summed E-state index contributed by atoms with van der Waals surface area (Å²) < 4.78 is 0. The van der Waals surface area contributed by atoms with E-state index in [1.54, 1.807) is 0 Å². The van der Waals surface area contributed by atoms with Crippen molar-refractivity contribution in [2.75, 3.05) is 0 Å². The Morgan fingerprint density at radius 2 is 1.57 bits per heavy atom. The first-order valence-electron chi connectivity index (χ1n) is 5.78. The Hall–Kier alpha value is -0.530. The maximum absolute atomic E-state index is 12.0. The summed E-state index contributed by atoms with van der Waals surface area (Å²) in [6, 6.07) is 1.18. The summed E-state index contributed by atoms with van der Waals surface area (Å²) in [6.07, 6.45) is 5.71. The van der Waals surface area contributed by atoms with Gasteiger partial charge in [0.1, 0.15) is 0 Å². The smallest absolute Gasteiger partial charge is 0.223 e. The topological polar surface area (TPSA) is 20.3 Å². The molecule has 80 valence electrons. The Morgan fingerprint density at radius 3 is 1.93 bits per heavy atom. The van der Waals surface area contributed by atoms with Crippen LogP contribution in [0.25, 0.3) is 0 Å². The standard InChI is InChI=1S/C12H21NO/c1-12(2,3)8-11(14)13-9-4-5-10(13)7-6-9/h9-10H,4-8H2,1-3H3. The quantitative estimate of drug-likeness (QED) is 0.629. The molecule has 1 amide bonds. The molecule has 0 aromatic rings. The van der Waals surface area contributed by atoms with Crippen LogP contribution in [0, 0.1) is 5.41 Å². The van der Waals surface area contributed by atoms with Crippen molar-refractivity contribution >= 4 is 5.91 Å². The number of carbonyl (C=O) groups is 1. The summed E-state index contributed by atoms with van der Waals surface area (Å²) in [6.45, 7) is 6.43. The van der Waals surface area contributed by atoms with Gasteiger partial charge in [-0.3, -0.25) is 4.79 Å². The lowest BCUT2D eigenvalue weighted by atomic mass is 9.91. The van der Waals surface area contributed by atoms with E-state index in [0.29, 0.717) is 24.4 Å². The van der Waals surface area contributed by atoms with Crippen LogP contribution in [-0.4, -0.2) is 22.9 Å². The lowest BCUT2D eigenvalue weighted by molar-refractivity contribution is -0.134. The van der Waals surface area contributed by atoms with Gasteiger partial charge in [0.05, 0.1) is 0 Å². The van der Waals surface area contributed by atoms with E-state index in [2.05, 4.69) is 25.7 Å². The van der Waals surface area contributed by atoms with E-state index < -0.39 is 0 Å². The normalized spacial score (nSPS) is 31.2. The number of hydrogen-bond acceptors (Lipinski definition) is 1. The molecule has 2 heteroatoms. The molecule has 0 atom stereocenters. The van der Waals surface area contributed by atoms with E-state index in [4.69, 9.17) is 0 Å². The molecule has 0 aromatic carbocycles. The predicted molar refractivity (Wildman–Crippen MR) is 57.0 cm³/mol. The Balaban J connectivity index is 1.99. The molecule has 0 saturated carbocycles. The molecule has 2 aliphatic heterocycles. The van der Waals surface area contributed by atoms with Gasteiger partial charge in [-0.25, -0.2) is 0 Å². The van der Waals surface area contributed by atoms with Gasteiger partial charge in [0.15, 0.2) is 0 Å². The first-order valence-corrected chi connectivity index (χ1v) is 5.78. The molecular weight excluding hydrogens is 174 g/mol. The molecule has 2 aliphatic rings. The van der Waals surface area contributed by atoms with Crippen LogP contribution in [0.5, 0.6) is 0 Å². The molecule has 2 fully saturated rings. The summed E-state index contributed by atoms with van der Waals surface area (Å²) in [5.74, 6) is 0.391. The van der Waals surface area contributed by atoms with Crippen LogP contribution in [0.4, 0.5) is 0 Å².